The minimum Gasteiger partial charge on any atom is -0.387 e. The number of aromatic nitrogens is 4. The van der Waals surface area contributed by atoms with Gasteiger partial charge >= 0.3 is 0 Å². The van der Waals surface area contributed by atoms with Crippen molar-refractivity contribution in [2.75, 3.05) is 6.54 Å². The summed E-state index contributed by atoms with van der Waals surface area (Å²) in [6.45, 7) is 6.63. The van der Waals surface area contributed by atoms with Crippen LogP contribution in [0.5, 0.6) is 0 Å². The number of nitrogens with one attached hydrogen (secondary N) is 1. The molecule has 0 bridgehead atoms. The van der Waals surface area contributed by atoms with Crippen molar-refractivity contribution in [3.63, 3.8) is 0 Å². The van der Waals surface area contributed by atoms with Gasteiger partial charge in [-0.15, -0.1) is 5.10 Å². The number of nitrogens with zero attached hydrogens (tertiary/aromatic N) is 4. The maximum absolute atomic E-state index is 10.3. The number of rotatable bonds is 4. The van der Waals surface area contributed by atoms with Crippen LogP contribution in [0.1, 0.15) is 32.4 Å². The van der Waals surface area contributed by atoms with Gasteiger partial charge in [-0.1, -0.05) is 11.3 Å². The fourth-order valence-electron chi connectivity index (χ4n) is 1.69. The Morgan fingerprint density at radius 2 is 2.16 bits per heavy atom. The molecule has 0 radical (unpaired) electrons. The van der Waals surface area contributed by atoms with Gasteiger partial charge in [0, 0.05) is 23.8 Å². The SMILES string of the molecule is CC(C)(C)NC[C@H](O)c1cccnc1-n1ccnn1. The molecule has 0 unspecified atom stereocenters. The number of pyridine rings is 1. The lowest BCUT2D eigenvalue weighted by Crippen LogP contribution is -2.38. The molecule has 2 aromatic rings. The molecular formula is C13H19N5O. The monoisotopic (exact) mass is 261 g/mol. The molecule has 0 aliphatic rings. The van der Waals surface area contributed by atoms with Crippen LogP contribution >= 0.6 is 0 Å². The van der Waals surface area contributed by atoms with E-state index in [2.05, 4.69) is 41.4 Å². The minimum absolute atomic E-state index is 0.0450. The van der Waals surface area contributed by atoms with Gasteiger partial charge < -0.3 is 10.4 Å². The Morgan fingerprint density at radius 3 is 2.79 bits per heavy atom. The van der Waals surface area contributed by atoms with E-state index in [1.807, 2.05) is 6.07 Å². The topological polar surface area (TPSA) is 75.9 Å². The zero-order chi connectivity index (χ0) is 13.9. The Hall–Kier alpha value is -1.79. The summed E-state index contributed by atoms with van der Waals surface area (Å²) < 4.78 is 1.55. The molecule has 2 heterocycles. The zero-order valence-electron chi connectivity index (χ0n) is 11.4. The molecule has 2 rings (SSSR count). The van der Waals surface area contributed by atoms with Crippen LogP contribution in [0.4, 0.5) is 0 Å². The summed E-state index contributed by atoms with van der Waals surface area (Å²) in [4.78, 5) is 4.26. The van der Waals surface area contributed by atoms with Gasteiger partial charge in [0.05, 0.1) is 18.5 Å². The van der Waals surface area contributed by atoms with Crippen LogP contribution in [0.3, 0.4) is 0 Å². The number of hydrogen-bond acceptors (Lipinski definition) is 5. The second-order valence-corrected chi connectivity index (χ2v) is 5.41. The predicted molar refractivity (Wildman–Crippen MR) is 71.9 cm³/mol. The number of β-amino-alcohol motifs (C(OH)–C–C–N with tert-alkyl or cyclic N) is 1. The lowest BCUT2D eigenvalue weighted by Gasteiger charge is -2.23. The molecule has 6 nitrogen and oxygen atoms in total. The third-order valence-corrected chi connectivity index (χ3v) is 2.64. The van der Waals surface area contributed by atoms with Crippen LogP contribution in [0.25, 0.3) is 5.82 Å². The maximum Gasteiger partial charge on any atom is 0.160 e. The van der Waals surface area contributed by atoms with Crippen molar-refractivity contribution >= 4 is 0 Å². The van der Waals surface area contributed by atoms with E-state index in [0.29, 0.717) is 12.4 Å². The van der Waals surface area contributed by atoms with Gasteiger partial charge in [0.2, 0.25) is 0 Å². The highest BCUT2D eigenvalue weighted by atomic mass is 16.3. The Morgan fingerprint density at radius 1 is 1.37 bits per heavy atom. The van der Waals surface area contributed by atoms with Gasteiger partial charge in [-0.2, -0.15) is 0 Å². The molecule has 0 spiro atoms. The van der Waals surface area contributed by atoms with Crippen molar-refractivity contribution in [2.45, 2.75) is 32.4 Å². The number of aliphatic hydroxyl groups is 1. The van der Waals surface area contributed by atoms with E-state index in [9.17, 15) is 5.11 Å². The van der Waals surface area contributed by atoms with Gasteiger partial charge in [-0.25, -0.2) is 9.67 Å². The van der Waals surface area contributed by atoms with Crippen LogP contribution < -0.4 is 5.32 Å². The van der Waals surface area contributed by atoms with Crippen LogP contribution in [-0.4, -0.2) is 37.2 Å². The summed E-state index contributed by atoms with van der Waals surface area (Å²) in [5, 5.41) is 21.2. The van der Waals surface area contributed by atoms with Gasteiger partial charge in [0.1, 0.15) is 0 Å². The molecule has 1 atom stereocenters. The third-order valence-electron chi connectivity index (χ3n) is 2.64. The Labute approximate surface area is 112 Å². The summed E-state index contributed by atoms with van der Waals surface area (Å²) in [7, 11) is 0. The summed E-state index contributed by atoms with van der Waals surface area (Å²) in [5.74, 6) is 0.600. The molecule has 0 saturated carbocycles. The summed E-state index contributed by atoms with van der Waals surface area (Å²) >= 11 is 0. The van der Waals surface area contributed by atoms with Crippen LogP contribution in [0, 0.1) is 0 Å². The van der Waals surface area contributed by atoms with Gasteiger partial charge in [0.25, 0.3) is 0 Å². The Kier molecular flexibility index (Phi) is 3.92. The molecule has 0 saturated heterocycles. The Bertz CT molecular complexity index is 518. The largest absolute Gasteiger partial charge is 0.387 e. The van der Waals surface area contributed by atoms with Crippen molar-refractivity contribution in [2.24, 2.45) is 0 Å². The molecular weight excluding hydrogens is 242 g/mol. The minimum atomic E-state index is -0.646. The average Bonchev–Trinajstić information content (AvgIpc) is 2.89. The van der Waals surface area contributed by atoms with Gasteiger partial charge in [-0.3, -0.25) is 0 Å². The van der Waals surface area contributed by atoms with Crippen molar-refractivity contribution in [1.82, 2.24) is 25.3 Å². The maximum atomic E-state index is 10.3. The molecule has 2 aromatic heterocycles. The lowest BCUT2D eigenvalue weighted by atomic mass is 10.1. The molecule has 102 valence electrons. The van der Waals surface area contributed by atoms with Crippen LogP contribution in [-0.2, 0) is 0 Å². The Balaban J connectivity index is 2.20. The zero-order valence-corrected chi connectivity index (χ0v) is 11.4. The highest BCUT2D eigenvalue weighted by molar-refractivity contribution is 5.34. The first kappa shape index (κ1) is 13.6. The lowest BCUT2D eigenvalue weighted by molar-refractivity contribution is 0.162. The van der Waals surface area contributed by atoms with Gasteiger partial charge in [0.15, 0.2) is 5.82 Å². The summed E-state index contributed by atoms with van der Waals surface area (Å²) in [6, 6.07) is 3.65. The summed E-state index contributed by atoms with van der Waals surface area (Å²) in [5.41, 5.74) is 0.682. The van der Waals surface area contributed by atoms with Crippen molar-refractivity contribution < 1.29 is 5.11 Å². The number of aliphatic hydroxyl groups excluding tert-OH is 1. The first-order chi connectivity index (χ1) is 8.97. The van der Waals surface area contributed by atoms with Crippen molar-refractivity contribution in [3.8, 4) is 5.82 Å². The molecule has 6 heteroatoms. The first-order valence-electron chi connectivity index (χ1n) is 6.22. The van der Waals surface area contributed by atoms with E-state index >= 15 is 0 Å². The van der Waals surface area contributed by atoms with E-state index in [-0.39, 0.29) is 5.54 Å². The van der Waals surface area contributed by atoms with E-state index in [1.165, 1.54) is 0 Å². The molecule has 0 aliphatic carbocycles. The second-order valence-electron chi connectivity index (χ2n) is 5.41. The molecule has 0 aromatic carbocycles. The van der Waals surface area contributed by atoms with E-state index in [0.717, 1.165) is 5.56 Å². The van der Waals surface area contributed by atoms with Crippen LogP contribution in [0.2, 0.25) is 0 Å². The second kappa shape index (κ2) is 5.46. The van der Waals surface area contributed by atoms with Gasteiger partial charge in [-0.05, 0) is 26.8 Å². The average molecular weight is 261 g/mol. The smallest absolute Gasteiger partial charge is 0.160 e. The molecule has 0 aliphatic heterocycles. The highest BCUT2D eigenvalue weighted by Gasteiger charge is 2.17. The summed E-state index contributed by atoms with van der Waals surface area (Å²) in [6.07, 6.45) is 4.31. The number of hydrogen-bond donors (Lipinski definition) is 2. The van der Waals surface area contributed by atoms with E-state index < -0.39 is 6.10 Å². The molecule has 0 fully saturated rings. The molecule has 19 heavy (non-hydrogen) atoms. The van der Waals surface area contributed by atoms with E-state index in [1.54, 1.807) is 29.3 Å². The third kappa shape index (κ3) is 3.59. The molecule has 2 N–H and O–H groups in total. The van der Waals surface area contributed by atoms with Crippen molar-refractivity contribution in [1.29, 1.82) is 0 Å². The highest BCUT2D eigenvalue weighted by Crippen LogP contribution is 2.18. The molecule has 0 amide bonds. The fraction of sp³-hybridized carbons (Fsp3) is 0.462. The van der Waals surface area contributed by atoms with Crippen LogP contribution in [0.15, 0.2) is 30.7 Å². The predicted octanol–water partition coefficient (Wildman–Crippen LogP) is 1.08. The standard InChI is InChI=1S/C13H19N5O/c1-13(2,3)15-9-11(19)10-5-4-6-14-12(10)18-8-7-16-17-18/h4-8,11,15,19H,9H2,1-3H3/t11-/m0/s1. The fourth-order valence-corrected chi connectivity index (χ4v) is 1.69. The van der Waals surface area contributed by atoms with Crippen molar-refractivity contribution in [3.05, 3.63) is 36.3 Å². The quantitative estimate of drug-likeness (QED) is 0.861. The van der Waals surface area contributed by atoms with E-state index in [4.69, 9.17) is 0 Å². The normalized spacial score (nSPS) is 13.5. The first-order valence-corrected chi connectivity index (χ1v) is 6.22.